The molecule has 0 aliphatic heterocycles. The molecular weight excluding hydrogens is 271 g/mol. The third-order valence-electron chi connectivity index (χ3n) is 2.60. The Morgan fingerprint density at radius 2 is 1.95 bits per heavy atom. The summed E-state index contributed by atoms with van der Waals surface area (Å²) in [5.74, 6) is -0.383. The van der Waals surface area contributed by atoms with Crippen molar-refractivity contribution >= 4 is 5.78 Å². The minimum Gasteiger partial charge on any atom is -0.292 e. The lowest BCUT2D eigenvalue weighted by Gasteiger charge is -2.02. The highest BCUT2D eigenvalue weighted by Crippen LogP contribution is 2.28. The van der Waals surface area contributed by atoms with Gasteiger partial charge in [0, 0.05) is 11.8 Å². The van der Waals surface area contributed by atoms with Crippen molar-refractivity contribution in [1.29, 1.82) is 5.26 Å². The SMILES string of the molecule is N#Cc1ccc(C(=O)Cn2cc(C(F)(F)F)cn2)cc1. The van der Waals surface area contributed by atoms with Crippen LogP contribution < -0.4 is 0 Å². The number of nitrogens with zero attached hydrogens (tertiary/aromatic N) is 3. The van der Waals surface area contributed by atoms with Gasteiger partial charge in [-0.2, -0.15) is 23.5 Å². The van der Waals surface area contributed by atoms with Gasteiger partial charge >= 0.3 is 6.18 Å². The van der Waals surface area contributed by atoms with E-state index in [2.05, 4.69) is 5.10 Å². The normalized spacial score (nSPS) is 11.1. The Morgan fingerprint density at radius 3 is 2.45 bits per heavy atom. The molecule has 4 nitrogen and oxygen atoms in total. The van der Waals surface area contributed by atoms with E-state index < -0.39 is 11.7 Å². The molecule has 1 aromatic carbocycles. The fourth-order valence-corrected chi connectivity index (χ4v) is 1.57. The zero-order valence-corrected chi connectivity index (χ0v) is 10.1. The fraction of sp³-hybridized carbons (Fsp3) is 0.154. The van der Waals surface area contributed by atoms with Crippen molar-refractivity contribution in [2.24, 2.45) is 0 Å². The van der Waals surface area contributed by atoms with Gasteiger partial charge in [-0.05, 0) is 12.1 Å². The summed E-state index contributed by atoms with van der Waals surface area (Å²) in [6.07, 6.45) is -3.02. The Balaban J connectivity index is 2.11. The Morgan fingerprint density at radius 1 is 1.30 bits per heavy atom. The van der Waals surface area contributed by atoms with Crippen molar-refractivity contribution in [1.82, 2.24) is 9.78 Å². The number of benzene rings is 1. The zero-order valence-electron chi connectivity index (χ0n) is 10.1. The van der Waals surface area contributed by atoms with Crippen LogP contribution in [0.25, 0.3) is 0 Å². The van der Waals surface area contributed by atoms with Crippen LogP contribution in [-0.2, 0) is 12.7 Å². The minimum absolute atomic E-state index is 0.290. The lowest BCUT2D eigenvalue weighted by molar-refractivity contribution is -0.137. The van der Waals surface area contributed by atoms with Crippen LogP contribution in [0.2, 0.25) is 0 Å². The molecule has 0 N–H and O–H groups in total. The second kappa shape index (κ2) is 5.17. The van der Waals surface area contributed by atoms with Crippen molar-refractivity contribution in [3.63, 3.8) is 0 Å². The van der Waals surface area contributed by atoms with Crippen molar-refractivity contribution < 1.29 is 18.0 Å². The molecule has 1 aromatic heterocycles. The topological polar surface area (TPSA) is 58.7 Å². The summed E-state index contributed by atoms with van der Waals surface area (Å²) < 4.78 is 38.1. The third kappa shape index (κ3) is 3.03. The Bertz CT molecular complexity index is 665. The van der Waals surface area contributed by atoms with Crippen molar-refractivity contribution in [3.05, 3.63) is 53.3 Å². The number of hydrogen-bond acceptors (Lipinski definition) is 3. The largest absolute Gasteiger partial charge is 0.419 e. The van der Waals surface area contributed by atoms with Gasteiger partial charge in [0.05, 0.1) is 23.4 Å². The summed E-state index contributed by atoms with van der Waals surface area (Å²) in [5, 5.41) is 12.1. The molecule has 0 aliphatic carbocycles. The van der Waals surface area contributed by atoms with Crippen LogP contribution in [0, 0.1) is 11.3 Å². The molecule has 0 radical (unpaired) electrons. The monoisotopic (exact) mass is 279 g/mol. The predicted molar refractivity (Wildman–Crippen MR) is 62.7 cm³/mol. The van der Waals surface area contributed by atoms with E-state index in [1.54, 1.807) is 0 Å². The van der Waals surface area contributed by atoms with Gasteiger partial charge < -0.3 is 0 Å². The first-order valence-corrected chi connectivity index (χ1v) is 5.53. The first kappa shape index (κ1) is 13.8. The number of Topliss-reactive ketones (excluding diaryl/α,β-unsaturated/α-hetero) is 1. The molecule has 2 rings (SSSR count). The molecule has 20 heavy (non-hydrogen) atoms. The maximum atomic E-state index is 12.4. The molecule has 1 heterocycles. The summed E-state index contributed by atoms with van der Waals surface area (Å²) in [4.78, 5) is 11.8. The van der Waals surface area contributed by atoms with Gasteiger partial charge in [-0.25, -0.2) is 0 Å². The molecule has 0 saturated heterocycles. The molecule has 0 atom stereocenters. The summed E-state index contributed by atoms with van der Waals surface area (Å²) in [5.41, 5.74) is -0.182. The number of hydrogen-bond donors (Lipinski definition) is 0. The summed E-state index contributed by atoms with van der Waals surface area (Å²) >= 11 is 0. The third-order valence-corrected chi connectivity index (χ3v) is 2.60. The number of ketones is 1. The molecule has 0 fully saturated rings. The molecule has 0 bridgehead atoms. The number of rotatable bonds is 3. The second-order valence-corrected chi connectivity index (χ2v) is 4.04. The van der Waals surface area contributed by atoms with Crippen LogP contribution in [0.3, 0.4) is 0 Å². The summed E-state index contributed by atoms with van der Waals surface area (Å²) in [6.45, 7) is -0.290. The smallest absolute Gasteiger partial charge is 0.292 e. The van der Waals surface area contributed by atoms with Gasteiger partial charge in [0.1, 0.15) is 6.54 Å². The van der Waals surface area contributed by atoms with Crippen LogP contribution in [0.5, 0.6) is 0 Å². The number of carbonyl (C=O) groups is 1. The van der Waals surface area contributed by atoms with Gasteiger partial charge in [-0.15, -0.1) is 0 Å². The van der Waals surface area contributed by atoms with E-state index in [9.17, 15) is 18.0 Å². The maximum Gasteiger partial charge on any atom is 0.419 e. The molecule has 0 unspecified atom stereocenters. The number of alkyl halides is 3. The number of nitriles is 1. The van der Waals surface area contributed by atoms with Crippen LogP contribution in [-0.4, -0.2) is 15.6 Å². The molecular formula is C13H8F3N3O. The Kier molecular flexibility index (Phi) is 3.57. The van der Waals surface area contributed by atoms with Crippen molar-refractivity contribution in [2.45, 2.75) is 12.7 Å². The van der Waals surface area contributed by atoms with E-state index in [-0.39, 0.29) is 12.3 Å². The zero-order chi connectivity index (χ0) is 14.8. The number of aromatic nitrogens is 2. The van der Waals surface area contributed by atoms with Crippen LogP contribution in [0.15, 0.2) is 36.7 Å². The molecule has 2 aromatic rings. The van der Waals surface area contributed by atoms with Gasteiger partial charge in [0.25, 0.3) is 0 Å². The van der Waals surface area contributed by atoms with Crippen LogP contribution in [0.1, 0.15) is 21.5 Å². The fourth-order valence-electron chi connectivity index (χ4n) is 1.57. The Labute approximate surface area is 112 Å². The van der Waals surface area contributed by atoms with Crippen molar-refractivity contribution in [3.8, 4) is 6.07 Å². The van der Waals surface area contributed by atoms with Crippen molar-refractivity contribution in [2.75, 3.05) is 0 Å². The summed E-state index contributed by atoms with van der Waals surface area (Å²) in [6, 6.07) is 7.76. The predicted octanol–water partition coefficient (Wildman–Crippen LogP) is 2.66. The average Bonchev–Trinajstić information content (AvgIpc) is 2.87. The molecule has 0 amide bonds. The maximum absolute atomic E-state index is 12.4. The van der Waals surface area contributed by atoms with E-state index in [4.69, 9.17) is 5.26 Å². The average molecular weight is 279 g/mol. The van der Waals surface area contributed by atoms with E-state index in [0.29, 0.717) is 17.3 Å². The number of carbonyl (C=O) groups excluding carboxylic acids is 1. The van der Waals surface area contributed by atoms with E-state index in [0.717, 1.165) is 10.9 Å². The van der Waals surface area contributed by atoms with Gasteiger partial charge in [0.2, 0.25) is 0 Å². The molecule has 7 heteroatoms. The molecule has 0 spiro atoms. The van der Waals surface area contributed by atoms with Gasteiger partial charge in [0.15, 0.2) is 5.78 Å². The number of halogens is 3. The van der Waals surface area contributed by atoms with Gasteiger partial charge in [-0.1, -0.05) is 12.1 Å². The van der Waals surface area contributed by atoms with Crippen LogP contribution >= 0.6 is 0 Å². The highest BCUT2D eigenvalue weighted by Gasteiger charge is 2.32. The lowest BCUT2D eigenvalue weighted by Crippen LogP contribution is -2.11. The molecule has 102 valence electrons. The van der Waals surface area contributed by atoms with E-state index >= 15 is 0 Å². The highest BCUT2D eigenvalue weighted by molar-refractivity contribution is 5.95. The first-order valence-electron chi connectivity index (χ1n) is 5.53. The van der Waals surface area contributed by atoms with Gasteiger partial charge in [-0.3, -0.25) is 9.48 Å². The molecule has 0 saturated carbocycles. The van der Waals surface area contributed by atoms with E-state index in [1.165, 1.54) is 24.3 Å². The quantitative estimate of drug-likeness (QED) is 0.811. The van der Waals surface area contributed by atoms with E-state index in [1.807, 2.05) is 6.07 Å². The first-order chi connectivity index (χ1) is 9.40. The lowest BCUT2D eigenvalue weighted by atomic mass is 10.1. The minimum atomic E-state index is -4.48. The standard InChI is InChI=1S/C13H8F3N3O/c14-13(15,16)11-6-18-19(7-11)8-12(20)10-3-1-9(5-17)2-4-10/h1-4,6-7H,8H2. The summed E-state index contributed by atoms with van der Waals surface area (Å²) in [7, 11) is 0. The second-order valence-electron chi connectivity index (χ2n) is 4.04. The highest BCUT2D eigenvalue weighted by atomic mass is 19.4. The molecule has 0 aliphatic rings. The Hall–Kier alpha value is -2.62. The van der Waals surface area contributed by atoms with Crippen LogP contribution in [0.4, 0.5) is 13.2 Å².